The number of aliphatic carboxylic acids is 1. The van der Waals surface area contributed by atoms with Crippen LogP contribution in [-0.2, 0) is 14.4 Å². The van der Waals surface area contributed by atoms with Crippen molar-refractivity contribution in [1.82, 2.24) is 20.2 Å². The van der Waals surface area contributed by atoms with Crippen molar-refractivity contribution in [2.45, 2.75) is 83.3 Å². The van der Waals surface area contributed by atoms with E-state index in [0.29, 0.717) is 25.2 Å². The SMILES string of the molecule is CCCCCC1CN(CC(=O)N2CCCCC2CC(=O)O)C(=O)C2=CC(c3ccc(C)cc3)NN21. The topological polar surface area (TPSA) is 93.2 Å². The number of carboxylic acids is 1. The number of amides is 2. The van der Waals surface area contributed by atoms with E-state index in [1.165, 1.54) is 5.56 Å². The van der Waals surface area contributed by atoms with Crippen LogP contribution in [0.25, 0.3) is 0 Å². The van der Waals surface area contributed by atoms with Gasteiger partial charge in [0, 0.05) is 19.1 Å². The van der Waals surface area contributed by atoms with Gasteiger partial charge in [-0.25, -0.2) is 5.43 Å². The number of hydrogen-bond acceptors (Lipinski definition) is 5. The molecule has 0 radical (unpaired) electrons. The van der Waals surface area contributed by atoms with Gasteiger partial charge in [0.2, 0.25) is 5.91 Å². The number of piperidine rings is 1. The molecule has 0 bridgehead atoms. The van der Waals surface area contributed by atoms with Crippen molar-refractivity contribution in [3.63, 3.8) is 0 Å². The van der Waals surface area contributed by atoms with Gasteiger partial charge in [-0.1, -0.05) is 56.0 Å². The molecule has 2 fully saturated rings. The fourth-order valence-electron chi connectivity index (χ4n) is 5.48. The molecule has 0 spiro atoms. The van der Waals surface area contributed by atoms with Gasteiger partial charge in [0.25, 0.3) is 5.91 Å². The molecule has 3 aliphatic heterocycles. The van der Waals surface area contributed by atoms with Gasteiger partial charge < -0.3 is 14.9 Å². The van der Waals surface area contributed by atoms with Crippen molar-refractivity contribution in [1.29, 1.82) is 0 Å². The second kappa shape index (κ2) is 11.2. The number of unbranched alkanes of at least 4 members (excludes halogenated alkanes) is 2. The molecule has 1 aromatic carbocycles. The molecule has 8 nitrogen and oxygen atoms in total. The zero-order valence-corrected chi connectivity index (χ0v) is 20.9. The van der Waals surface area contributed by atoms with Gasteiger partial charge in [0.1, 0.15) is 12.2 Å². The number of rotatable bonds is 9. The highest BCUT2D eigenvalue weighted by atomic mass is 16.4. The van der Waals surface area contributed by atoms with E-state index in [9.17, 15) is 19.5 Å². The second-order valence-electron chi connectivity index (χ2n) is 10.1. The number of hydrazine groups is 1. The van der Waals surface area contributed by atoms with Crippen LogP contribution in [0.4, 0.5) is 0 Å². The lowest BCUT2D eigenvalue weighted by molar-refractivity contribution is -0.147. The number of nitrogens with one attached hydrogen (secondary N) is 1. The minimum Gasteiger partial charge on any atom is -0.481 e. The fourth-order valence-corrected chi connectivity index (χ4v) is 5.48. The third-order valence-corrected chi connectivity index (χ3v) is 7.43. The lowest BCUT2D eigenvalue weighted by Gasteiger charge is -2.42. The number of fused-ring (bicyclic) bond motifs is 1. The first-order chi connectivity index (χ1) is 16.9. The van der Waals surface area contributed by atoms with Crippen LogP contribution in [0.2, 0.25) is 0 Å². The molecule has 3 unspecified atom stereocenters. The first kappa shape index (κ1) is 25.2. The number of carbonyl (C=O) groups is 3. The number of aryl methyl sites for hydroxylation is 1. The standard InChI is InChI=1S/C27H38N4O4/c1-3-4-5-9-22-17-29(18-25(32)30-14-7-6-8-21(30)15-26(33)34)27(35)24-16-23(28-31(22)24)20-12-10-19(2)11-13-20/h10-13,16,21-23,28H,3-9,14-15,17-18H2,1-2H3,(H,33,34). The van der Waals surface area contributed by atoms with Crippen molar-refractivity contribution in [2.75, 3.05) is 19.6 Å². The lowest BCUT2D eigenvalue weighted by Crippen LogP contribution is -2.59. The summed E-state index contributed by atoms with van der Waals surface area (Å²) in [5, 5.41) is 11.3. The normalized spacial score (nSPS) is 24.4. The first-order valence-electron chi connectivity index (χ1n) is 13.0. The Kier molecular flexibility index (Phi) is 8.11. The quantitative estimate of drug-likeness (QED) is 0.524. The van der Waals surface area contributed by atoms with E-state index in [0.717, 1.165) is 44.1 Å². The second-order valence-corrected chi connectivity index (χ2v) is 10.1. The third kappa shape index (κ3) is 5.86. The number of carbonyl (C=O) groups excluding carboxylic acids is 2. The Bertz CT molecular complexity index is 960. The van der Waals surface area contributed by atoms with Crippen LogP contribution in [0, 0.1) is 6.92 Å². The van der Waals surface area contributed by atoms with Crippen LogP contribution in [-0.4, -0.2) is 69.4 Å². The van der Waals surface area contributed by atoms with Crippen LogP contribution in [0.3, 0.4) is 0 Å². The summed E-state index contributed by atoms with van der Waals surface area (Å²) >= 11 is 0. The molecule has 3 atom stereocenters. The van der Waals surface area contributed by atoms with Gasteiger partial charge in [0.15, 0.2) is 0 Å². The molecule has 2 amide bonds. The number of likely N-dealkylation sites (tertiary alicyclic amines) is 1. The average molecular weight is 483 g/mol. The minimum atomic E-state index is -0.889. The molecule has 8 heteroatoms. The monoisotopic (exact) mass is 482 g/mol. The van der Waals surface area contributed by atoms with Gasteiger partial charge >= 0.3 is 5.97 Å². The van der Waals surface area contributed by atoms with Gasteiger partial charge in [-0.2, -0.15) is 0 Å². The van der Waals surface area contributed by atoms with E-state index in [2.05, 4.69) is 43.5 Å². The van der Waals surface area contributed by atoms with Crippen LogP contribution in [0.5, 0.6) is 0 Å². The molecule has 1 aromatic rings. The third-order valence-electron chi connectivity index (χ3n) is 7.43. The predicted octanol–water partition coefficient (Wildman–Crippen LogP) is 3.39. The summed E-state index contributed by atoms with van der Waals surface area (Å²) in [6.07, 6.45) is 8.68. The van der Waals surface area contributed by atoms with E-state index in [1.807, 2.05) is 11.1 Å². The molecular weight excluding hydrogens is 444 g/mol. The first-order valence-corrected chi connectivity index (χ1v) is 13.0. The van der Waals surface area contributed by atoms with E-state index in [1.54, 1.807) is 9.80 Å². The molecule has 2 N–H and O–H groups in total. The molecule has 190 valence electrons. The number of carboxylic acid groups (broad SMARTS) is 1. The number of nitrogens with zero attached hydrogens (tertiary/aromatic N) is 3. The molecule has 0 aliphatic carbocycles. The Morgan fingerprint density at radius 3 is 2.60 bits per heavy atom. The van der Waals surface area contributed by atoms with Gasteiger partial charge in [-0.15, -0.1) is 0 Å². The smallest absolute Gasteiger partial charge is 0.305 e. The molecule has 3 heterocycles. The van der Waals surface area contributed by atoms with Crippen molar-refractivity contribution in [3.8, 4) is 0 Å². The summed E-state index contributed by atoms with van der Waals surface area (Å²) in [6, 6.07) is 8.03. The molecule has 4 rings (SSSR count). The Morgan fingerprint density at radius 1 is 1.11 bits per heavy atom. The summed E-state index contributed by atoms with van der Waals surface area (Å²) in [5.74, 6) is -1.18. The summed E-state index contributed by atoms with van der Waals surface area (Å²) in [6.45, 7) is 5.27. The lowest BCUT2D eigenvalue weighted by atomic mass is 9.99. The summed E-state index contributed by atoms with van der Waals surface area (Å²) in [5.41, 5.74) is 6.43. The van der Waals surface area contributed by atoms with Crippen LogP contribution < -0.4 is 5.43 Å². The van der Waals surface area contributed by atoms with Crippen LogP contribution in [0.1, 0.15) is 75.5 Å². The summed E-state index contributed by atoms with van der Waals surface area (Å²) < 4.78 is 0. The highest BCUT2D eigenvalue weighted by molar-refractivity contribution is 5.96. The Balaban J connectivity index is 1.52. The number of piperazine rings is 1. The zero-order valence-electron chi connectivity index (χ0n) is 20.9. The van der Waals surface area contributed by atoms with Gasteiger partial charge in [-0.05, 0) is 44.2 Å². The molecule has 2 saturated heterocycles. The maximum atomic E-state index is 13.5. The molecule has 0 saturated carbocycles. The van der Waals surface area contributed by atoms with Crippen LogP contribution in [0.15, 0.2) is 36.0 Å². The average Bonchev–Trinajstić information content (AvgIpc) is 3.28. The number of benzene rings is 1. The maximum absolute atomic E-state index is 13.5. The van der Waals surface area contributed by atoms with Crippen molar-refractivity contribution in [2.24, 2.45) is 0 Å². The molecular formula is C27H38N4O4. The number of hydrogen-bond donors (Lipinski definition) is 2. The molecule has 0 aromatic heterocycles. The van der Waals surface area contributed by atoms with Crippen molar-refractivity contribution < 1.29 is 19.5 Å². The fraction of sp³-hybridized carbons (Fsp3) is 0.593. The van der Waals surface area contributed by atoms with Gasteiger partial charge in [-0.3, -0.25) is 19.4 Å². The summed E-state index contributed by atoms with van der Waals surface area (Å²) in [4.78, 5) is 41.5. The van der Waals surface area contributed by atoms with E-state index in [4.69, 9.17) is 0 Å². The Hall–Kier alpha value is -2.87. The van der Waals surface area contributed by atoms with Gasteiger partial charge in [0.05, 0.1) is 18.5 Å². The Morgan fingerprint density at radius 2 is 1.89 bits per heavy atom. The maximum Gasteiger partial charge on any atom is 0.305 e. The summed E-state index contributed by atoms with van der Waals surface area (Å²) in [7, 11) is 0. The highest BCUT2D eigenvalue weighted by Crippen LogP contribution is 2.32. The van der Waals surface area contributed by atoms with E-state index < -0.39 is 5.97 Å². The van der Waals surface area contributed by atoms with E-state index in [-0.39, 0.29) is 42.9 Å². The largest absolute Gasteiger partial charge is 0.481 e. The van der Waals surface area contributed by atoms with Crippen molar-refractivity contribution >= 4 is 17.8 Å². The van der Waals surface area contributed by atoms with E-state index >= 15 is 0 Å². The highest BCUT2D eigenvalue weighted by Gasteiger charge is 2.42. The minimum absolute atomic E-state index is 0.000388. The van der Waals surface area contributed by atoms with Crippen LogP contribution >= 0.6 is 0 Å². The Labute approximate surface area is 207 Å². The predicted molar refractivity (Wildman–Crippen MR) is 133 cm³/mol. The molecule has 35 heavy (non-hydrogen) atoms. The zero-order chi connectivity index (χ0) is 24.9. The van der Waals surface area contributed by atoms with Crippen molar-refractivity contribution in [3.05, 3.63) is 47.2 Å². The molecule has 3 aliphatic rings.